The zero-order valence-electron chi connectivity index (χ0n) is 14.9. The zero-order chi connectivity index (χ0) is 19.4. The number of nitro benzene ring substituents is 1. The number of thiophene rings is 1. The minimum atomic E-state index is -0.547. The van der Waals surface area contributed by atoms with Crippen LogP contribution in [0.25, 0.3) is 0 Å². The summed E-state index contributed by atoms with van der Waals surface area (Å²) in [5.41, 5.74) is 1.40. The van der Waals surface area contributed by atoms with E-state index in [9.17, 15) is 19.7 Å². The van der Waals surface area contributed by atoms with Gasteiger partial charge in [-0.05, 0) is 44.2 Å². The number of nitrogens with one attached hydrogen (secondary N) is 1. The number of hydrogen-bond donors (Lipinski definition) is 1. The minimum Gasteiger partial charge on any atom is -0.462 e. The maximum absolute atomic E-state index is 12.6. The summed E-state index contributed by atoms with van der Waals surface area (Å²) in [4.78, 5) is 36.6. The lowest BCUT2D eigenvalue weighted by Crippen LogP contribution is -2.15. The van der Waals surface area contributed by atoms with Crippen molar-refractivity contribution in [3.05, 3.63) is 55.9 Å². The third-order valence-corrected chi connectivity index (χ3v) is 5.65. The third kappa shape index (κ3) is 4.16. The van der Waals surface area contributed by atoms with Gasteiger partial charge in [0.2, 0.25) is 0 Å². The first-order valence-electron chi connectivity index (χ1n) is 8.88. The highest BCUT2D eigenvalue weighted by molar-refractivity contribution is 7.17. The molecule has 1 aliphatic carbocycles. The Bertz CT molecular complexity index is 890. The van der Waals surface area contributed by atoms with Crippen LogP contribution in [-0.2, 0) is 17.6 Å². The van der Waals surface area contributed by atoms with Gasteiger partial charge < -0.3 is 10.1 Å². The number of benzene rings is 1. The number of non-ortho nitro benzene ring substituents is 1. The van der Waals surface area contributed by atoms with Crippen molar-refractivity contribution in [2.75, 3.05) is 11.9 Å². The molecule has 1 aliphatic rings. The molecule has 7 nitrogen and oxygen atoms in total. The molecule has 1 amide bonds. The van der Waals surface area contributed by atoms with Crippen LogP contribution in [-0.4, -0.2) is 23.4 Å². The Hall–Kier alpha value is -2.74. The number of nitrogens with zero attached hydrogens (tertiary/aromatic N) is 1. The van der Waals surface area contributed by atoms with Crippen molar-refractivity contribution in [1.29, 1.82) is 0 Å². The Morgan fingerprint density at radius 2 is 2.04 bits per heavy atom. The van der Waals surface area contributed by atoms with Crippen molar-refractivity contribution < 1.29 is 19.2 Å². The van der Waals surface area contributed by atoms with Crippen LogP contribution < -0.4 is 5.32 Å². The van der Waals surface area contributed by atoms with E-state index in [4.69, 9.17) is 4.74 Å². The molecule has 8 heteroatoms. The molecular formula is C19H20N2O5S. The zero-order valence-corrected chi connectivity index (χ0v) is 15.8. The van der Waals surface area contributed by atoms with Crippen LogP contribution in [0.3, 0.4) is 0 Å². The van der Waals surface area contributed by atoms with Crippen LogP contribution in [0.5, 0.6) is 0 Å². The summed E-state index contributed by atoms with van der Waals surface area (Å²) in [6, 6.07) is 5.51. The van der Waals surface area contributed by atoms with Crippen molar-refractivity contribution in [3.63, 3.8) is 0 Å². The van der Waals surface area contributed by atoms with E-state index < -0.39 is 16.8 Å². The molecule has 3 rings (SSSR count). The van der Waals surface area contributed by atoms with Crippen molar-refractivity contribution in [3.8, 4) is 0 Å². The summed E-state index contributed by atoms with van der Waals surface area (Å²) < 4.78 is 5.20. The Morgan fingerprint density at radius 1 is 1.26 bits per heavy atom. The molecule has 0 radical (unpaired) electrons. The molecule has 0 aliphatic heterocycles. The normalized spacial score (nSPS) is 13.4. The second kappa shape index (κ2) is 8.30. The van der Waals surface area contributed by atoms with Crippen LogP contribution in [0.1, 0.15) is 57.3 Å². The van der Waals surface area contributed by atoms with Crippen LogP contribution in [0, 0.1) is 10.1 Å². The van der Waals surface area contributed by atoms with Gasteiger partial charge in [-0.2, -0.15) is 0 Å². The van der Waals surface area contributed by atoms with Gasteiger partial charge in [-0.1, -0.05) is 12.5 Å². The first kappa shape index (κ1) is 19.0. The maximum Gasteiger partial charge on any atom is 0.341 e. The first-order valence-corrected chi connectivity index (χ1v) is 9.70. The average Bonchev–Trinajstić information content (AvgIpc) is 2.82. The van der Waals surface area contributed by atoms with Gasteiger partial charge >= 0.3 is 5.97 Å². The van der Waals surface area contributed by atoms with Crippen LogP contribution in [0.4, 0.5) is 10.7 Å². The van der Waals surface area contributed by atoms with Crippen molar-refractivity contribution >= 4 is 33.9 Å². The lowest BCUT2D eigenvalue weighted by Gasteiger charge is -2.08. The number of esters is 1. The number of hydrogen-bond acceptors (Lipinski definition) is 6. The summed E-state index contributed by atoms with van der Waals surface area (Å²) in [6.45, 7) is 1.99. The predicted octanol–water partition coefficient (Wildman–Crippen LogP) is 4.35. The lowest BCUT2D eigenvalue weighted by atomic mass is 10.1. The fraction of sp³-hybridized carbons (Fsp3) is 0.368. The van der Waals surface area contributed by atoms with Gasteiger partial charge in [0.1, 0.15) is 5.00 Å². The average molecular weight is 388 g/mol. The van der Waals surface area contributed by atoms with E-state index in [-0.39, 0.29) is 17.9 Å². The largest absolute Gasteiger partial charge is 0.462 e. The monoisotopic (exact) mass is 388 g/mol. The van der Waals surface area contributed by atoms with Crippen LogP contribution >= 0.6 is 11.3 Å². The minimum absolute atomic E-state index is 0.157. The Balaban J connectivity index is 1.94. The van der Waals surface area contributed by atoms with E-state index in [0.717, 1.165) is 42.5 Å². The molecule has 0 unspecified atom stereocenters. The summed E-state index contributed by atoms with van der Waals surface area (Å²) in [7, 11) is 0. The van der Waals surface area contributed by atoms with Crippen LogP contribution in [0.15, 0.2) is 24.3 Å². The summed E-state index contributed by atoms with van der Waals surface area (Å²) >= 11 is 1.40. The van der Waals surface area contributed by atoms with E-state index in [1.807, 2.05) is 0 Å². The van der Waals surface area contributed by atoms with Gasteiger partial charge in [0.15, 0.2) is 0 Å². The standard InChI is InChI=1S/C19H20N2O5S/c1-2-26-19(23)16-14-9-4-3-5-10-15(14)27-18(16)20-17(22)12-7-6-8-13(11-12)21(24)25/h6-8,11H,2-5,9-10H2,1H3,(H,20,22). The highest BCUT2D eigenvalue weighted by atomic mass is 32.1. The number of carbonyl (C=O) groups is 2. The Morgan fingerprint density at radius 3 is 2.78 bits per heavy atom. The fourth-order valence-corrected chi connectivity index (χ4v) is 4.46. The number of aryl methyl sites for hydroxylation is 1. The molecule has 0 bridgehead atoms. The van der Waals surface area contributed by atoms with E-state index in [1.165, 1.54) is 35.6 Å². The summed E-state index contributed by atoms with van der Waals surface area (Å²) in [5, 5.41) is 14.2. The van der Waals surface area contributed by atoms with Crippen LogP contribution in [0.2, 0.25) is 0 Å². The lowest BCUT2D eigenvalue weighted by molar-refractivity contribution is -0.384. The number of anilines is 1. The predicted molar refractivity (Wildman–Crippen MR) is 103 cm³/mol. The molecule has 0 saturated carbocycles. The second-order valence-electron chi connectivity index (χ2n) is 6.25. The van der Waals surface area contributed by atoms with E-state index in [0.29, 0.717) is 10.6 Å². The second-order valence-corrected chi connectivity index (χ2v) is 7.36. The molecule has 1 heterocycles. The number of nitro groups is 1. The quantitative estimate of drug-likeness (QED) is 0.355. The number of rotatable bonds is 5. The molecule has 0 fully saturated rings. The molecular weight excluding hydrogens is 368 g/mol. The molecule has 1 aromatic heterocycles. The molecule has 2 aromatic rings. The third-order valence-electron chi connectivity index (χ3n) is 4.45. The van der Waals surface area contributed by atoms with Gasteiger partial charge in [-0.15, -0.1) is 11.3 Å². The molecule has 1 aromatic carbocycles. The molecule has 0 saturated heterocycles. The number of amides is 1. The SMILES string of the molecule is CCOC(=O)c1c(NC(=O)c2cccc([N+](=O)[O-])c2)sc2c1CCCCC2. The smallest absolute Gasteiger partial charge is 0.341 e. The maximum atomic E-state index is 12.6. The van der Waals surface area contributed by atoms with E-state index >= 15 is 0 Å². The molecule has 142 valence electrons. The van der Waals surface area contributed by atoms with Crippen molar-refractivity contribution in [2.24, 2.45) is 0 Å². The van der Waals surface area contributed by atoms with E-state index in [2.05, 4.69) is 5.32 Å². The van der Waals surface area contributed by atoms with Gasteiger partial charge in [-0.3, -0.25) is 14.9 Å². The Labute approximate surface area is 160 Å². The number of ether oxygens (including phenoxy) is 1. The Kier molecular flexibility index (Phi) is 5.85. The topological polar surface area (TPSA) is 98.5 Å². The van der Waals surface area contributed by atoms with Gasteiger partial charge in [0.05, 0.1) is 17.1 Å². The van der Waals surface area contributed by atoms with Gasteiger partial charge in [-0.25, -0.2) is 4.79 Å². The van der Waals surface area contributed by atoms with Crippen molar-refractivity contribution in [2.45, 2.75) is 39.0 Å². The summed E-state index contributed by atoms with van der Waals surface area (Å²) in [6.07, 6.45) is 4.81. The van der Waals surface area contributed by atoms with Gasteiger partial charge in [0, 0.05) is 22.6 Å². The van der Waals surface area contributed by atoms with Crippen molar-refractivity contribution in [1.82, 2.24) is 0 Å². The van der Waals surface area contributed by atoms with Gasteiger partial charge in [0.25, 0.3) is 11.6 Å². The molecule has 0 atom stereocenters. The molecule has 0 spiro atoms. The highest BCUT2D eigenvalue weighted by Crippen LogP contribution is 2.38. The van der Waals surface area contributed by atoms with E-state index in [1.54, 1.807) is 6.92 Å². The highest BCUT2D eigenvalue weighted by Gasteiger charge is 2.27. The first-order chi connectivity index (χ1) is 13.0. The molecule has 1 N–H and O–H groups in total. The fourth-order valence-electron chi connectivity index (χ4n) is 3.19. The number of carbonyl (C=O) groups excluding carboxylic acids is 2. The summed E-state index contributed by atoms with van der Waals surface area (Å²) in [5.74, 6) is -0.924. The molecule has 27 heavy (non-hydrogen) atoms. The number of fused-ring (bicyclic) bond motifs is 1.